The second-order valence-corrected chi connectivity index (χ2v) is 9.84. The van der Waals surface area contributed by atoms with Crippen molar-refractivity contribution in [2.24, 2.45) is 10.9 Å². The Morgan fingerprint density at radius 2 is 1.85 bits per heavy atom. The summed E-state index contributed by atoms with van der Waals surface area (Å²) < 4.78 is 0. The molecule has 6 nitrogen and oxygen atoms in total. The third-order valence-corrected chi connectivity index (χ3v) is 6.57. The number of nitrogens with zero attached hydrogens (tertiary/aromatic N) is 2. The van der Waals surface area contributed by atoms with Gasteiger partial charge in [-0.15, -0.1) is 0 Å². The lowest BCUT2D eigenvalue weighted by Crippen LogP contribution is -2.39. The summed E-state index contributed by atoms with van der Waals surface area (Å²) in [6.07, 6.45) is 0.230. The molecule has 7 heteroatoms. The van der Waals surface area contributed by atoms with Crippen molar-refractivity contribution in [1.82, 2.24) is 10.2 Å². The van der Waals surface area contributed by atoms with Gasteiger partial charge < -0.3 is 15.5 Å². The van der Waals surface area contributed by atoms with Crippen molar-refractivity contribution in [2.75, 3.05) is 11.9 Å². The molecule has 34 heavy (non-hydrogen) atoms. The summed E-state index contributed by atoms with van der Waals surface area (Å²) in [4.78, 5) is 33.0. The van der Waals surface area contributed by atoms with E-state index in [-0.39, 0.29) is 24.3 Å². The molecular formula is C27H30N4O2S. The van der Waals surface area contributed by atoms with Crippen LogP contribution in [0.4, 0.5) is 5.69 Å². The SMILES string of the molecule is CC1=C(C(=O)Nc2ccccc2)[C@H](c2cccc(C)c2)N2C(CC(=O)NCC(C)C)=CSC2=N1. The summed E-state index contributed by atoms with van der Waals surface area (Å²) in [5.41, 5.74) is 4.92. The molecule has 1 atom stereocenters. The van der Waals surface area contributed by atoms with Crippen molar-refractivity contribution >= 4 is 34.4 Å². The van der Waals surface area contributed by atoms with Crippen LogP contribution in [0.25, 0.3) is 0 Å². The van der Waals surface area contributed by atoms with Gasteiger partial charge in [-0.1, -0.05) is 73.6 Å². The summed E-state index contributed by atoms with van der Waals surface area (Å²) >= 11 is 1.49. The Labute approximate surface area is 205 Å². The molecule has 2 aromatic carbocycles. The van der Waals surface area contributed by atoms with Gasteiger partial charge in [0, 0.05) is 17.9 Å². The lowest BCUT2D eigenvalue weighted by molar-refractivity contribution is -0.120. The molecule has 2 aliphatic rings. The zero-order valence-electron chi connectivity index (χ0n) is 20.0. The number of aryl methyl sites for hydroxylation is 1. The van der Waals surface area contributed by atoms with Crippen molar-refractivity contribution in [3.8, 4) is 0 Å². The molecule has 0 fully saturated rings. The molecule has 0 aromatic heterocycles. The number of carbonyl (C=O) groups is 2. The molecule has 176 valence electrons. The number of nitrogens with one attached hydrogen (secondary N) is 2. The molecule has 2 aromatic rings. The van der Waals surface area contributed by atoms with E-state index in [0.29, 0.717) is 23.7 Å². The van der Waals surface area contributed by atoms with Crippen LogP contribution in [0, 0.1) is 12.8 Å². The van der Waals surface area contributed by atoms with Crippen LogP contribution in [-0.4, -0.2) is 28.4 Å². The largest absolute Gasteiger partial charge is 0.356 e. The molecule has 0 unspecified atom stereocenters. The summed E-state index contributed by atoms with van der Waals surface area (Å²) in [6, 6.07) is 17.2. The minimum atomic E-state index is -0.379. The van der Waals surface area contributed by atoms with E-state index in [1.807, 2.05) is 72.7 Å². The van der Waals surface area contributed by atoms with E-state index in [0.717, 1.165) is 27.7 Å². The number of rotatable bonds is 7. The number of anilines is 1. The molecule has 0 radical (unpaired) electrons. The van der Waals surface area contributed by atoms with Crippen LogP contribution in [0.2, 0.25) is 0 Å². The smallest absolute Gasteiger partial charge is 0.255 e. The van der Waals surface area contributed by atoms with E-state index in [2.05, 4.69) is 30.5 Å². The summed E-state index contributed by atoms with van der Waals surface area (Å²) in [6.45, 7) is 8.68. The molecule has 2 heterocycles. The number of para-hydroxylation sites is 1. The summed E-state index contributed by atoms with van der Waals surface area (Å²) in [5, 5.41) is 8.78. The number of aliphatic imine (C=N–C) groups is 1. The van der Waals surface area contributed by atoms with E-state index in [1.165, 1.54) is 11.8 Å². The first-order chi connectivity index (χ1) is 16.3. The van der Waals surface area contributed by atoms with Crippen LogP contribution < -0.4 is 10.6 Å². The monoisotopic (exact) mass is 474 g/mol. The minimum absolute atomic E-state index is 0.0358. The van der Waals surface area contributed by atoms with E-state index in [4.69, 9.17) is 4.99 Å². The Bertz CT molecular complexity index is 1180. The van der Waals surface area contributed by atoms with Crippen molar-refractivity contribution in [3.05, 3.63) is 88.1 Å². The number of allylic oxidation sites excluding steroid dienone is 1. The van der Waals surface area contributed by atoms with Crippen LogP contribution in [0.3, 0.4) is 0 Å². The first-order valence-corrected chi connectivity index (χ1v) is 12.4. The van der Waals surface area contributed by atoms with Crippen LogP contribution in [0.5, 0.6) is 0 Å². The maximum atomic E-state index is 13.6. The Kier molecular flexibility index (Phi) is 7.22. The summed E-state index contributed by atoms with van der Waals surface area (Å²) in [5.74, 6) is 0.145. The van der Waals surface area contributed by atoms with Gasteiger partial charge in [0.15, 0.2) is 5.17 Å². The number of amidine groups is 1. The predicted octanol–water partition coefficient (Wildman–Crippen LogP) is 5.37. The van der Waals surface area contributed by atoms with Gasteiger partial charge in [0.25, 0.3) is 5.91 Å². The van der Waals surface area contributed by atoms with Crippen molar-refractivity contribution in [3.63, 3.8) is 0 Å². The number of amides is 2. The fourth-order valence-electron chi connectivity index (χ4n) is 4.08. The van der Waals surface area contributed by atoms with Crippen LogP contribution in [0.1, 0.15) is 44.4 Å². The first kappa shape index (κ1) is 23.8. The highest BCUT2D eigenvalue weighted by Gasteiger charge is 2.40. The van der Waals surface area contributed by atoms with Crippen LogP contribution in [0.15, 0.2) is 82.0 Å². The summed E-state index contributed by atoms with van der Waals surface area (Å²) in [7, 11) is 0. The van der Waals surface area contributed by atoms with Crippen molar-refractivity contribution in [1.29, 1.82) is 0 Å². The lowest BCUT2D eigenvalue weighted by Gasteiger charge is -2.36. The topological polar surface area (TPSA) is 73.8 Å². The molecule has 0 spiro atoms. The quantitative estimate of drug-likeness (QED) is 0.566. The normalized spacial score (nSPS) is 17.3. The molecule has 2 amide bonds. The van der Waals surface area contributed by atoms with E-state index in [9.17, 15) is 9.59 Å². The first-order valence-electron chi connectivity index (χ1n) is 11.5. The number of hydrogen-bond donors (Lipinski definition) is 2. The second-order valence-electron chi connectivity index (χ2n) is 9.00. The molecule has 0 aliphatic carbocycles. The Morgan fingerprint density at radius 3 is 2.56 bits per heavy atom. The molecular weight excluding hydrogens is 444 g/mol. The highest BCUT2D eigenvalue weighted by Crippen LogP contribution is 2.44. The van der Waals surface area contributed by atoms with Gasteiger partial charge in [0.05, 0.1) is 23.7 Å². The number of thioether (sulfide) groups is 1. The predicted molar refractivity (Wildman–Crippen MR) is 139 cm³/mol. The number of fused-ring (bicyclic) bond motifs is 1. The van der Waals surface area contributed by atoms with Gasteiger partial charge in [-0.2, -0.15) is 0 Å². The zero-order valence-corrected chi connectivity index (χ0v) is 20.8. The average molecular weight is 475 g/mol. The van der Waals surface area contributed by atoms with Crippen LogP contribution >= 0.6 is 11.8 Å². The minimum Gasteiger partial charge on any atom is -0.356 e. The van der Waals surface area contributed by atoms with E-state index >= 15 is 0 Å². The van der Waals surface area contributed by atoms with Crippen molar-refractivity contribution in [2.45, 2.75) is 40.2 Å². The standard InChI is InChI=1S/C27H30N4O2S/c1-17(2)15-28-23(32)14-22-16-34-27-29-19(4)24(26(33)30-21-11-6-5-7-12-21)25(31(22)27)20-10-8-9-18(3)13-20/h5-13,16-17,25H,14-15H2,1-4H3,(H,28,32)(H,30,33)/t25-/m0/s1. The zero-order chi connectivity index (χ0) is 24.2. The molecule has 4 rings (SSSR count). The van der Waals surface area contributed by atoms with Gasteiger partial charge in [-0.25, -0.2) is 4.99 Å². The third kappa shape index (κ3) is 5.25. The number of hydrogen-bond acceptors (Lipinski definition) is 5. The van der Waals surface area contributed by atoms with Crippen LogP contribution in [-0.2, 0) is 9.59 Å². The highest BCUT2D eigenvalue weighted by molar-refractivity contribution is 8.16. The molecule has 2 aliphatic heterocycles. The second kappa shape index (κ2) is 10.3. The Morgan fingerprint density at radius 1 is 1.09 bits per heavy atom. The molecule has 0 saturated carbocycles. The van der Waals surface area contributed by atoms with Gasteiger partial charge >= 0.3 is 0 Å². The highest BCUT2D eigenvalue weighted by atomic mass is 32.2. The third-order valence-electron chi connectivity index (χ3n) is 5.68. The molecule has 2 N–H and O–H groups in total. The van der Waals surface area contributed by atoms with Gasteiger partial charge in [0.1, 0.15) is 0 Å². The molecule has 0 saturated heterocycles. The van der Waals surface area contributed by atoms with Gasteiger partial charge in [-0.3, -0.25) is 9.59 Å². The van der Waals surface area contributed by atoms with E-state index in [1.54, 1.807) is 0 Å². The lowest BCUT2D eigenvalue weighted by atomic mass is 9.92. The Balaban J connectivity index is 1.70. The van der Waals surface area contributed by atoms with Crippen molar-refractivity contribution < 1.29 is 9.59 Å². The van der Waals surface area contributed by atoms with Gasteiger partial charge in [0.2, 0.25) is 5.91 Å². The van der Waals surface area contributed by atoms with Gasteiger partial charge in [-0.05, 0) is 42.9 Å². The Hall–Kier alpha value is -3.32. The number of benzene rings is 2. The number of carbonyl (C=O) groups excluding carboxylic acids is 2. The fraction of sp³-hybridized carbons (Fsp3) is 0.296. The average Bonchev–Trinajstić information content (AvgIpc) is 3.19. The maximum Gasteiger partial charge on any atom is 0.255 e. The van der Waals surface area contributed by atoms with E-state index < -0.39 is 0 Å². The maximum absolute atomic E-state index is 13.6. The fourth-order valence-corrected chi connectivity index (χ4v) is 5.04. The molecule has 0 bridgehead atoms.